The van der Waals surface area contributed by atoms with Gasteiger partial charge in [0.15, 0.2) is 10.6 Å². The Hall–Kier alpha value is -1.36. The van der Waals surface area contributed by atoms with Crippen LogP contribution in [0.2, 0.25) is 5.02 Å². The van der Waals surface area contributed by atoms with Crippen LogP contribution in [0.4, 0.5) is 0 Å². The molecular weight excluding hydrogens is 272 g/mol. The first-order valence-electron chi connectivity index (χ1n) is 5.16. The van der Waals surface area contributed by atoms with Crippen molar-refractivity contribution in [1.82, 2.24) is 0 Å². The molecule has 2 aromatic rings. The first-order chi connectivity index (χ1) is 8.61. The van der Waals surface area contributed by atoms with E-state index in [4.69, 9.17) is 16.3 Å². The lowest BCUT2D eigenvalue weighted by molar-refractivity contribution is 0.399. The lowest BCUT2D eigenvalue weighted by atomic mass is 10.3. The van der Waals surface area contributed by atoms with E-state index in [0.29, 0.717) is 20.6 Å². The third-order valence-corrected chi connectivity index (χ3v) is 4.05. The van der Waals surface area contributed by atoms with Gasteiger partial charge >= 0.3 is 0 Å². The van der Waals surface area contributed by atoms with Crippen molar-refractivity contribution in [3.8, 4) is 11.5 Å². The van der Waals surface area contributed by atoms with Gasteiger partial charge < -0.3 is 14.4 Å². The largest absolute Gasteiger partial charge is 0.606 e. The summed E-state index contributed by atoms with van der Waals surface area (Å²) in [6.45, 7) is 0. The van der Waals surface area contributed by atoms with Gasteiger partial charge in [0.1, 0.15) is 5.75 Å². The Kier molecular flexibility index (Phi) is 4.01. The highest BCUT2D eigenvalue weighted by Gasteiger charge is 2.20. The maximum atomic E-state index is 12.4. The van der Waals surface area contributed by atoms with E-state index in [0.717, 1.165) is 0 Å². The van der Waals surface area contributed by atoms with E-state index in [1.54, 1.807) is 30.3 Å². The molecule has 2 aromatic carbocycles. The summed E-state index contributed by atoms with van der Waals surface area (Å²) in [6, 6.07) is 11.2. The summed E-state index contributed by atoms with van der Waals surface area (Å²) in [5.74, 6) is 0.522. The van der Waals surface area contributed by atoms with Crippen LogP contribution >= 0.6 is 11.6 Å². The zero-order valence-corrected chi connectivity index (χ0v) is 11.2. The Bertz CT molecular complexity index is 542. The van der Waals surface area contributed by atoms with Gasteiger partial charge in [0.2, 0.25) is 4.90 Å². The first kappa shape index (κ1) is 13.1. The Labute approximate surface area is 113 Å². The molecule has 0 amide bonds. The summed E-state index contributed by atoms with van der Waals surface area (Å²) in [6.07, 6.45) is 0. The van der Waals surface area contributed by atoms with Gasteiger partial charge in [-0.1, -0.05) is 11.6 Å². The Morgan fingerprint density at radius 2 is 1.83 bits per heavy atom. The molecule has 0 saturated carbocycles. The van der Waals surface area contributed by atoms with E-state index in [1.807, 2.05) is 0 Å². The first-order valence-corrected chi connectivity index (χ1v) is 6.69. The molecule has 1 N–H and O–H groups in total. The van der Waals surface area contributed by atoms with Gasteiger partial charge in [-0.05, 0) is 36.4 Å². The number of rotatable bonds is 3. The van der Waals surface area contributed by atoms with Crippen LogP contribution in [0.5, 0.6) is 11.5 Å². The fourth-order valence-corrected chi connectivity index (χ4v) is 2.82. The molecule has 0 aliphatic rings. The van der Waals surface area contributed by atoms with Crippen molar-refractivity contribution in [2.45, 2.75) is 9.79 Å². The van der Waals surface area contributed by atoms with Crippen LogP contribution in [0, 0.1) is 0 Å². The fourth-order valence-electron chi connectivity index (χ4n) is 1.50. The van der Waals surface area contributed by atoms with Gasteiger partial charge in [0, 0.05) is 22.3 Å². The molecule has 0 spiro atoms. The molecule has 0 heterocycles. The normalized spacial score (nSPS) is 12.2. The number of aromatic hydroxyl groups is 1. The van der Waals surface area contributed by atoms with Crippen molar-refractivity contribution >= 4 is 22.8 Å². The number of phenolic OH excluding ortho intramolecular Hbond substituents is 1. The molecule has 94 valence electrons. The second kappa shape index (κ2) is 5.52. The highest BCUT2D eigenvalue weighted by Crippen LogP contribution is 2.32. The molecule has 0 bridgehead atoms. The minimum absolute atomic E-state index is 0.0492. The third-order valence-electron chi connectivity index (χ3n) is 2.37. The van der Waals surface area contributed by atoms with Gasteiger partial charge in [0.05, 0.1) is 7.11 Å². The molecular formula is C13H11ClO3S. The van der Waals surface area contributed by atoms with Gasteiger partial charge in [-0.3, -0.25) is 0 Å². The van der Waals surface area contributed by atoms with Crippen LogP contribution in [-0.2, 0) is 11.2 Å². The number of hydrogen-bond acceptors (Lipinski definition) is 3. The molecule has 0 aromatic heterocycles. The number of methoxy groups -OCH3 is 1. The molecule has 2 rings (SSSR count). The smallest absolute Gasteiger partial charge is 0.204 e. The Balaban J connectivity index is 2.41. The monoisotopic (exact) mass is 282 g/mol. The van der Waals surface area contributed by atoms with Crippen molar-refractivity contribution in [3.05, 3.63) is 47.5 Å². The van der Waals surface area contributed by atoms with Crippen molar-refractivity contribution in [2.75, 3.05) is 7.11 Å². The predicted molar refractivity (Wildman–Crippen MR) is 70.8 cm³/mol. The van der Waals surface area contributed by atoms with E-state index >= 15 is 0 Å². The summed E-state index contributed by atoms with van der Waals surface area (Å²) in [5.41, 5.74) is 0. The number of benzene rings is 2. The zero-order chi connectivity index (χ0) is 13.1. The average molecular weight is 283 g/mol. The van der Waals surface area contributed by atoms with Crippen LogP contribution in [0.25, 0.3) is 0 Å². The van der Waals surface area contributed by atoms with Crippen LogP contribution in [0.3, 0.4) is 0 Å². The minimum atomic E-state index is -1.42. The van der Waals surface area contributed by atoms with Gasteiger partial charge in [-0.25, -0.2) is 0 Å². The van der Waals surface area contributed by atoms with E-state index in [9.17, 15) is 9.66 Å². The topological polar surface area (TPSA) is 52.5 Å². The Morgan fingerprint density at radius 1 is 1.17 bits per heavy atom. The average Bonchev–Trinajstić information content (AvgIpc) is 2.39. The van der Waals surface area contributed by atoms with Crippen molar-refractivity contribution in [3.63, 3.8) is 0 Å². The lowest BCUT2D eigenvalue weighted by Crippen LogP contribution is -2.04. The van der Waals surface area contributed by atoms with E-state index < -0.39 is 11.2 Å². The summed E-state index contributed by atoms with van der Waals surface area (Å²) in [4.78, 5) is 1.03. The molecule has 18 heavy (non-hydrogen) atoms. The van der Waals surface area contributed by atoms with E-state index in [-0.39, 0.29) is 5.75 Å². The van der Waals surface area contributed by atoms with Gasteiger partial charge in [-0.2, -0.15) is 0 Å². The molecule has 3 nitrogen and oxygen atoms in total. The SMILES string of the molecule is COc1ccc(O)cc1[S+]([O-])c1ccc(Cl)cc1. The second-order valence-corrected chi connectivity index (χ2v) is 5.44. The third kappa shape index (κ3) is 2.72. The molecule has 0 aliphatic heterocycles. The molecule has 0 fully saturated rings. The number of ether oxygens (including phenoxy) is 1. The highest BCUT2D eigenvalue weighted by molar-refractivity contribution is 7.91. The van der Waals surface area contributed by atoms with Crippen LogP contribution < -0.4 is 4.74 Å². The summed E-state index contributed by atoms with van der Waals surface area (Å²) in [7, 11) is 1.49. The summed E-state index contributed by atoms with van der Waals surface area (Å²) >= 11 is 4.36. The number of hydrogen-bond donors (Lipinski definition) is 1. The second-order valence-electron chi connectivity index (χ2n) is 3.56. The minimum Gasteiger partial charge on any atom is -0.606 e. The standard InChI is InChI=1S/C13H11ClO3S/c1-17-12-7-4-10(15)8-13(12)18(16)11-5-2-9(14)3-6-11/h2-8,15H,1H3. The predicted octanol–water partition coefficient (Wildman–Crippen LogP) is 3.22. The summed E-state index contributed by atoms with van der Waals surface area (Å²) in [5, 5.41) is 10.0. The lowest BCUT2D eigenvalue weighted by Gasteiger charge is -2.13. The number of phenols is 1. The Morgan fingerprint density at radius 3 is 2.44 bits per heavy atom. The van der Waals surface area contributed by atoms with Crippen molar-refractivity contribution in [2.24, 2.45) is 0 Å². The molecule has 0 radical (unpaired) electrons. The molecule has 5 heteroatoms. The number of halogens is 1. The van der Waals surface area contributed by atoms with Crippen molar-refractivity contribution in [1.29, 1.82) is 0 Å². The maximum Gasteiger partial charge on any atom is 0.204 e. The fraction of sp³-hybridized carbons (Fsp3) is 0.0769. The van der Waals surface area contributed by atoms with E-state index in [1.165, 1.54) is 19.2 Å². The van der Waals surface area contributed by atoms with Crippen LogP contribution in [0.1, 0.15) is 0 Å². The van der Waals surface area contributed by atoms with Gasteiger partial charge in [-0.15, -0.1) is 0 Å². The van der Waals surface area contributed by atoms with Crippen LogP contribution in [-0.4, -0.2) is 16.8 Å². The quantitative estimate of drug-likeness (QED) is 0.880. The zero-order valence-electron chi connectivity index (χ0n) is 9.59. The van der Waals surface area contributed by atoms with E-state index in [2.05, 4.69) is 0 Å². The summed E-state index contributed by atoms with van der Waals surface area (Å²) < 4.78 is 17.5. The molecule has 1 unspecified atom stereocenters. The molecule has 0 saturated heterocycles. The molecule has 0 aliphatic carbocycles. The molecule has 1 atom stereocenters. The highest BCUT2D eigenvalue weighted by atomic mass is 35.5. The van der Waals surface area contributed by atoms with Crippen molar-refractivity contribution < 1.29 is 14.4 Å². The van der Waals surface area contributed by atoms with Crippen LogP contribution in [0.15, 0.2) is 52.3 Å². The maximum absolute atomic E-state index is 12.4. The van der Waals surface area contributed by atoms with Gasteiger partial charge in [0.25, 0.3) is 0 Å².